The first kappa shape index (κ1) is 55.6. The maximum absolute atomic E-state index is 7.19. The second-order valence-electron chi connectivity index (χ2n) is 19.8. The Morgan fingerprint density at radius 1 is 0.215 bits per heavy atom. The summed E-state index contributed by atoms with van der Waals surface area (Å²) in [6.07, 6.45) is -7.82. The predicted octanol–water partition coefficient (Wildman–Crippen LogP) is 12.4. The Morgan fingerprint density at radius 3 is 0.747 bits per heavy atom. The Hall–Kier alpha value is -6.68. The van der Waals surface area contributed by atoms with Gasteiger partial charge in [0.1, 0.15) is 48.8 Å². The molecule has 408 valence electrons. The molecule has 11 nitrogen and oxygen atoms in total. The van der Waals surface area contributed by atoms with E-state index in [9.17, 15) is 0 Å². The molecule has 11 heteroatoms. The molecule has 0 aliphatic carbocycles. The van der Waals surface area contributed by atoms with Crippen LogP contribution < -0.4 is 0 Å². The zero-order valence-electron chi connectivity index (χ0n) is 44.4. The van der Waals surface area contributed by atoms with Crippen molar-refractivity contribution in [3.05, 3.63) is 287 Å². The molecule has 0 bridgehead atoms. The van der Waals surface area contributed by atoms with E-state index in [0.29, 0.717) is 13.2 Å². The largest absolute Gasteiger partial charge is 0.374 e. The van der Waals surface area contributed by atoms with Crippen LogP contribution in [0.25, 0.3) is 0 Å². The SMILES string of the molecule is c1ccc(COC[C@H]2O[C@@H](OC[C@H]3O[C@H](OCc4ccccc4)[C@H](OCc4ccccc4)[C@@H](OCc4ccccc4)[C@H]3OCc3ccccc3)[C@@H](OCc3ccccc3)[C@@H](OCc3ccccc3)[C@@H]2OCc2ccccc2)cc1. The zero-order chi connectivity index (χ0) is 53.5. The second-order valence-corrected chi connectivity index (χ2v) is 19.8. The molecular formula is C68H70O11. The summed E-state index contributed by atoms with van der Waals surface area (Å²) >= 11 is 0. The van der Waals surface area contributed by atoms with Crippen LogP contribution in [0.4, 0.5) is 0 Å². The fourth-order valence-corrected chi connectivity index (χ4v) is 9.84. The van der Waals surface area contributed by atoms with Crippen LogP contribution in [0.1, 0.15) is 44.5 Å². The maximum Gasteiger partial charge on any atom is 0.187 e. The Bertz CT molecular complexity index is 2890. The molecule has 0 aromatic heterocycles. The quantitative estimate of drug-likeness (QED) is 0.0469. The van der Waals surface area contributed by atoms with Crippen molar-refractivity contribution < 1.29 is 52.1 Å². The van der Waals surface area contributed by atoms with E-state index < -0.39 is 61.4 Å². The van der Waals surface area contributed by atoms with Gasteiger partial charge in [-0.3, -0.25) is 0 Å². The average molecular weight is 1060 g/mol. The monoisotopic (exact) mass is 1060 g/mol. The molecule has 8 aromatic rings. The highest BCUT2D eigenvalue weighted by molar-refractivity contribution is 5.20. The molecule has 0 saturated carbocycles. The van der Waals surface area contributed by atoms with Gasteiger partial charge in [-0.25, -0.2) is 0 Å². The first-order valence-electron chi connectivity index (χ1n) is 27.3. The molecule has 0 N–H and O–H groups in total. The van der Waals surface area contributed by atoms with Gasteiger partial charge in [-0.15, -0.1) is 0 Å². The lowest BCUT2D eigenvalue weighted by atomic mass is 9.96. The molecular weight excluding hydrogens is 993 g/mol. The van der Waals surface area contributed by atoms with Crippen molar-refractivity contribution >= 4 is 0 Å². The molecule has 0 amide bonds. The third-order valence-electron chi connectivity index (χ3n) is 14.0. The summed E-state index contributed by atoms with van der Waals surface area (Å²) in [4.78, 5) is 0. The topological polar surface area (TPSA) is 102 Å². The van der Waals surface area contributed by atoms with Crippen molar-refractivity contribution in [3.8, 4) is 0 Å². The molecule has 79 heavy (non-hydrogen) atoms. The van der Waals surface area contributed by atoms with Crippen LogP contribution in [0.3, 0.4) is 0 Å². The van der Waals surface area contributed by atoms with E-state index in [4.69, 9.17) is 52.1 Å². The van der Waals surface area contributed by atoms with Gasteiger partial charge >= 0.3 is 0 Å². The number of ether oxygens (including phenoxy) is 11. The Kier molecular flexibility index (Phi) is 21.2. The number of hydrogen-bond acceptors (Lipinski definition) is 11. The van der Waals surface area contributed by atoms with Gasteiger partial charge in [0.15, 0.2) is 12.6 Å². The molecule has 0 radical (unpaired) electrons. The molecule has 10 rings (SSSR count). The number of benzene rings is 8. The molecule has 2 fully saturated rings. The van der Waals surface area contributed by atoms with Crippen LogP contribution in [0, 0.1) is 0 Å². The van der Waals surface area contributed by atoms with Crippen molar-refractivity contribution in [3.63, 3.8) is 0 Å². The highest BCUT2D eigenvalue weighted by atomic mass is 16.8. The summed E-state index contributed by atoms with van der Waals surface area (Å²) in [7, 11) is 0. The zero-order valence-corrected chi connectivity index (χ0v) is 44.4. The number of hydrogen-bond donors (Lipinski definition) is 0. The lowest BCUT2D eigenvalue weighted by Crippen LogP contribution is -2.64. The molecule has 2 heterocycles. The lowest BCUT2D eigenvalue weighted by molar-refractivity contribution is -0.354. The van der Waals surface area contributed by atoms with Crippen LogP contribution in [0.2, 0.25) is 0 Å². The van der Waals surface area contributed by atoms with Gasteiger partial charge in [-0.2, -0.15) is 0 Å². The summed E-state index contributed by atoms with van der Waals surface area (Å²) < 4.78 is 77.0. The van der Waals surface area contributed by atoms with E-state index in [1.165, 1.54) is 0 Å². The molecule has 8 aromatic carbocycles. The summed E-state index contributed by atoms with van der Waals surface area (Å²) in [6, 6.07) is 80.6. The van der Waals surface area contributed by atoms with Gasteiger partial charge < -0.3 is 52.1 Å². The predicted molar refractivity (Wildman–Crippen MR) is 301 cm³/mol. The van der Waals surface area contributed by atoms with Gasteiger partial charge in [0.25, 0.3) is 0 Å². The van der Waals surface area contributed by atoms with Gasteiger partial charge in [0, 0.05) is 0 Å². The maximum atomic E-state index is 7.19. The minimum atomic E-state index is -1.02. The highest BCUT2D eigenvalue weighted by Gasteiger charge is 2.52. The third kappa shape index (κ3) is 16.7. The molecule has 2 aliphatic heterocycles. The van der Waals surface area contributed by atoms with E-state index in [2.05, 4.69) is 0 Å². The van der Waals surface area contributed by atoms with Gasteiger partial charge in [0.2, 0.25) is 0 Å². The van der Waals surface area contributed by atoms with E-state index in [1.807, 2.05) is 243 Å². The fourth-order valence-electron chi connectivity index (χ4n) is 9.84. The van der Waals surface area contributed by atoms with Crippen molar-refractivity contribution in [2.24, 2.45) is 0 Å². The average Bonchev–Trinajstić information content (AvgIpc) is 3.57. The fraction of sp³-hybridized carbons (Fsp3) is 0.294. The van der Waals surface area contributed by atoms with E-state index in [0.717, 1.165) is 44.5 Å². The van der Waals surface area contributed by atoms with Crippen molar-refractivity contribution in [1.82, 2.24) is 0 Å². The first-order valence-corrected chi connectivity index (χ1v) is 27.3. The first-order chi connectivity index (χ1) is 39.2. The Balaban J connectivity index is 1.01. The highest BCUT2D eigenvalue weighted by Crippen LogP contribution is 2.35. The Labute approximate surface area is 464 Å². The van der Waals surface area contributed by atoms with Crippen molar-refractivity contribution in [2.45, 2.75) is 114 Å². The summed E-state index contributed by atoms with van der Waals surface area (Å²) in [6.45, 7) is 2.38. The van der Waals surface area contributed by atoms with Crippen LogP contribution in [-0.4, -0.2) is 74.6 Å². The summed E-state index contributed by atoms with van der Waals surface area (Å²) in [5, 5.41) is 0. The van der Waals surface area contributed by atoms with Crippen LogP contribution in [0.15, 0.2) is 243 Å². The van der Waals surface area contributed by atoms with E-state index in [1.54, 1.807) is 0 Å². The normalized spacial score (nSPS) is 23.0. The smallest absolute Gasteiger partial charge is 0.187 e. The molecule has 10 atom stereocenters. The molecule has 0 spiro atoms. The lowest BCUT2D eigenvalue weighted by Gasteiger charge is -2.48. The van der Waals surface area contributed by atoms with Crippen LogP contribution in [-0.2, 0) is 105 Å². The standard InChI is InChI=1S/C68H70O11/c1-9-25-51(26-10-1)41-69-49-59-61(70-42-52-27-11-2-12-28-52)63(72-44-54-31-15-4-16-32-54)66(75-47-57-37-21-7-22-38-57)68(78-59)77-50-60-62(71-43-53-29-13-3-14-30-53)64(73-45-55-33-17-5-18-34-55)65(74-46-56-35-19-6-20-36-56)67(79-60)76-48-58-39-23-8-24-40-58/h1-40,59-68H,41-50H2/t59-,60-,61-,62+,63+,64+,65-,66+,67+,68-/m1/s1. The van der Waals surface area contributed by atoms with Crippen LogP contribution >= 0.6 is 0 Å². The minimum Gasteiger partial charge on any atom is -0.374 e. The summed E-state index contributed by atoms with van der Waals surface area (Å²) in [5.41, 5.74) is 7.95. The van der Waals surface area contributed by atoms with Gasteiger partial charge in [-0.05, 0) is 44.5 Å². The van der Waals surface area contributed by atoms with Crippen molar-refractivity contribution in [2.75, 3.05) is 13.2 Å². The van der Waals surface area contributed by atoms with Crippen LogP contribution in [0.5, 0.6) is 0 Å². The number of rotatable bonds is 28. The van der Waals surface area contributed by atoms with Gasteiger partial charge in [-0.1, -0.05) is 243 Å². The molecule has 2 saturated heterocycles. The van der Waals surface area contributed by atoms with E-state index in [-0.39, 0.29) is 52.9 Å². The molecule has 2 aliphatic rings. The van der Waals surface area contributed by atoms with E-state index >= 15 is 0 Å². The minimum absolute atomic E-state index is 0.0321. The van der Waals surface area contributed by atoms with Crippen molar-refractivity contribution in [1.29, 1.82) is 0 Å². The van der Waals surface area contributed by atoms with Gasteiger partial charge in [0.05, 0.1) is 66.1 Å². The molecule has 0 unspecified atom stereocenters. The third-order valence-corrected chi connectivity index (χ3v) is 14.0. The Morgan fingerprint density at radius 2 is 0.443 bits per heavy atom. The summed E-state index contributed by atoms with van der Waals surface area (Å²) in [5.74, 6) is 0. The second kappa shape index (κ2) is 30.1.